The van der Waals surface area contributed by atoms with Gasteiger partial charge in [-0.2, -0.15) is 0 Å². The van der Waals surface area contributed by atoms with E-state index in [1.54, 1.807) is 71.9 Å². The standard InChI is InChI=1S/C46H72N10O13/c1-9-25(6)38(55-39(62)26(7)47)45(68)51-31(21-35(60)61)42(65)49-29(17-18-34(48)59)40(63)54-37(24(4)5)46(69)56-19-13-16-33(56)44(67)50-30(20-28-14-11-10-12-15-28)41(64)52-32(22-57)43(66)53-36(23(2)3)27(8)58/h10-12,14-15,23-26,29-33,36-38,57H,9,13,16-22,47H2,1-8H3,(H2,48,59)(H,49,65)(H,50,67)(H,51,68)(H,52,64)(H,53,66)(H,54,63)(H,55,62)(H,60,61). The number of benzene rings is 1. The van der Waals surface area contributed by atoms with E-state index < -0.39 is 151 Å². The molecule has 23 nitrogen and oxygen atoms in total. The summed E-state index contributed by atoms with van der Waals surface area (Å²) in [7, 11) is 0. The van der Waals surface area contributed by atoms with E-state index in [4.69, 9.17) is 11.5 Å². The van der Waals surface area contributed by atoms with Gasteiger partial charge in [0.2, 0.25) is 53.2 Å². The predicted octanol–water partition coefficient (Wildman–Crippen LogP) is -2.36. The van der Waals surface area contributed by atoms with E-state index >= 15 is 0 Å². The predicted molar refractivity (Wildman–Crippen MR) is 250 cm³/mol. The third-order valence-electron chi connectivity index (χ3n) is 11.7. The maximum Gasteiger partial charge on any atom is 0.305 e. The number of carboxylic acid groups (broad SMARTS) is 1. The lowest BCUT2D eigenvalue weighted by molar-refractivity contribution is -0.144. The highest BCUT2D eigenvalue weighted by Gasteiger charge is 2.41. The number of nitrogens with zero attached hydrogens (tertiary/aromatic N) is 1. The SMILES string of the molecule is CCC(C)C(NC(=O)C(C)N)C(=O)NC(CC(=O)O)C(=O)NC(CCC(N)=O)C(=O)NC(C(=O)N1CCCC1C(=O)NC(Cc1ccccc1)C(=O)NC(CO)C(=O)NC(C(C)=O)C(C)C)C(C)C. The van der Waals surface area contributed by atoms with Crippen LogP contribution in [-0.4, -0.2) is 148 Å². The van der Waals surface area contributed by atoms with Gasteiger partial charge in [0.1, 0.15) is 42.3 Å². The lowest BCUT2D eigenvalue weighted by Gasteiger charge is -2.32. The third kappa shape index (κ3) is 18.5. The zero-order chi connectivity index (χ0) is 52.3. The van der Waals surface area contributed by atoms with Crippen LogP contribution in [0, 0.1) is 17.8 Å². The van der Waals surface area contributed by atoms with E-state index in [1.165, 1.54) is 18.7 Å². The largest absolute Gasteiger partial charge is 0.481 e. The van der Waals surface area contributed by atoms with Crippen LogP contribution in [0.4, 0.5) is 0 Å². The summed E-state index contributed by atoms with van der Waals surface area (Å²) in [5.41, 5.74) is 11.7. The van der Waals surface area contributed by atoms with Crippen molar-refractivity contribution < 1.29 is 63.0 Å². The number of nitrogens with one attached hydrogen (secondary N) is 7. The molecule has 1 heterocycles. The number of ketones is 1. The van der Waals surface area contributed by atoms with Crippen molar-refractivity contribution in [3.8, 4) is 0 Å². The first-order chi connectivity index (χ1) is 32.3. The Balaban J connectivity index is 2.38. The Bertz CT molecular complexity index is 2000. The van der Waals surface area contributed by atoms with Gasteiger partial charge in [-0.1, -0.05) is 78.3 Å². The second-order valence-electron chi connectivity index (χ2n) is 18.1. The number of hydrogen-bond acceptors (Lipinski definition) is 13. The Morgan fingerprint density at radius 3 is 1.72 bits per heavy atom. The van der Waals surface area contributed by atoms with Crippen LogP contribution in [0.3, 0.4) is 0 Å². The second kappa shape index (κ2) is 28.1. The lowest BCUT2D eigenvalue weighted by Crippen LogP contribution is -2.61. The van der Waals surface area contributed by atoms with Gasteiger partial charge in [-0.15, -0.1) is 0 Å². The van der Waals surface area contributed by atoms with Crippen LogP contribution < -0.4 is 48.7 Å². The molecule has 0 aliphatic carbocycles. The van der Waals surface area contributed by atoms with Gasteiger partial charge in [0.25, 0.3) is 0 Å². The highest BCUT2D eigenvalue weighted by Crippen LogP contribution is 2.22. The Kier molecular flexibility index (Phi) is 23.9. The van der Waals surface area contributed by atoms with Crippen LogP contribution >= 0.6 is 0 Å². The highest BCUT2D eigenvalue weighted by molar-refractivity contribution is 5.99. The molecule has 9 amide bonds. The van der Waals surface area contributed by atoms with Crippen molar-refractivity contribution >= 4 is 64.9 Å². The summed E-state index contributed by atoms with van der Waals surface area (Å²) in [6.45, 7) is 12.0. The Hall–Kier alpha value is -6.49. The molecule has 1 aromatic rings. The van der Waals surface area contributed by atoms with Crippen LogP contribution in [0.2, 0.25) is 0 Å². The molecule has 1 aromatic carbocycles. The van der Waals surface area contributed by atoms with Gasteiger partial charge in [0, 0.05) is 19.4 Å². The third-order valence-corrected chi connectivity index (χ3v) is 11.7. The number of aliphatic carboxylic acids is 1. The molecule has 10 unspecified atom stereocenters. The summed E-state index contributed by atoms with van der Waals surface area (Å²) in [4.78, 5) is 146. The molecular formula is C46H72N10O13. The minimum absolute atomic E-state index is 0.0617. The van der Waals surface area contributed by atoms with Gasteiger partial charge in [-0.05, 0) is 56.4 Å². The molecule has 384 valence electrons. The van der Waals surface area contributed by atoms with E-state index in [1.807, 2.05) is 0 Å². The minimum atomic E-state index is -1.78. The molecule has 10 atom stereocenters. The number of nitrogens with two attached hydrogens (primary N) is 2. The molecule has 13 N–H and O–H groups in total. The molecule has 1 aliphatic heterocycles. The molecule has 69 heavy (non-hydrogen) atoms. The quantitative estimate of drug-likeness (QED) is 0.0419. The number of carbonyl (C=O) groups excluding carboxylic acids is 10. The van der Waals surface area contributed by atoms with Crippen LogP contribution in [0.15, 0.2) is 30.3 Å². The molecular weight excluding hydrogens is 901 g/mol. The molecule has 0 saturated carbocycles. The minimum Gasteiger partial charge on any atom is -0.481 e. The van der Waals surface area contributed by atoms with Crippen LogP contribution in [0.5, 0.6) is 0 Å². The van der Waals surface area contributed by atoms with E-state index in [9.17, 15) is 63.0 Å². The van der Waals surface area contributed by atoms with E-state index in [2.05, 4.69) is 37.2 Å². The van der Waals surface area contributed by atoms with Gasteiger partial charge in [0.15, 0.2) is 5.78 Å². The average Bonchev–Trinajstić information content (AvgIpc) is 3.78. The maximum absolute atomic E-state index is 14.4. The van der Waals surface area contributed by atoms with E-state index in [0.717, 1.165) is 0 Å². The van der Waals surface area contributed by atoms with Crippen molar-refractivity contribution in [3.05, 3.63) is 35.9 Å². The zero-order valence-corrected chi connectivity index (χ0v) is 40.7. The first kappa shape index (κ1) is 58.6. The van der Waals surface area contributed by atoms with Gasteiger partial charge in [-0.25, -0.2) is 0 Å². The molecule has 1 saturated heterocycles. The number of amides is 9. The molecule has 0 aromatic heterocycles. The normalized spacial score (nSPS) is 17.3. The topological polar surface area (TPSA) is 368 Å². The Morgan fingerprint density at radius 2 is 1.20 bits per heavy atom. The molecule has 1 aliphatic rings. The van der Waals surface area contributed by atoms with Gasteiger partial charge < -0.3 is 63.8 Å². The van der Waals surface area contributed by atoms with Crippen LogP contribution in [0.25, 0.3) is 0 Å². The second-order valence-corrected chi connectivity index (χ2v) is 18.1. The molecule has 1 fully saturated rings. The van der Waals surface area contributed by atoms with Crippen molar-refractivity contribution in [3.63, 3.8) is 0 Å². The van der Waals surface area contributed by atoms with Crippen LogP contribution in [-0.2, 0) is 59.2 Å². The van der Waals surface area contributed by atoms with Crippen molar-refractivity contribution in [2.24, 2.45) is 29.2 Å². The number of carbonyl (C=O) groups is 11. The first-order valence-electron chi connectivity index (χ1n) is 23.2. The van der Waals surface area contributed by atoms with Crippen molar-refractivity contribution in [2.45, 2.75) is 155 Å². The molecule has 2 rings (SSSR count). The number of likely N-dealkylation sites (tertiary alicyclic amines) is 1. The molecule has 0 spiro atoms. The maximum atomic E-state index is 14.4. The summed E-state index contributed by atoms with van der Waals surface area (Å²) in [5, 5.41) is 37.3. The van der Waals surface area contributed by atoms with Gasteiger partial charge in [-0.3, -0.25) is 52.7 Å². The van der Waals surface area contributed by atoms with Gasteiger partial charge >= 0.3 is 5.97 Å². The fourth-order valence-corrected chi connectivity index (χ4v) is 7.49. The molecule has 0 bridgehead atoms. The monoisotopic (exact) mass is 973 g/mol. The number of aliphatic hydroxyl groups is 1. The fraction of sp³-hybridized carbons (Fsp3) is 0.630. The van der Waals surface area contributed by atoms with E-state index in [-0.39, 0.29) is 31.1 Å². The Morgan fingerprint density at radius 1 is 0.681 bits per heavy atom. The summed E-state index contributed by atoms with van der Waals surface area (Å²) >= 11 is 0. The zero-order valence-electron chi connectivity index (χ0n) is 40.7. The average molecular weight is 973 g/mol. The smallest absolute Gasteiger partial charge is 0.305 e. The number of hydrogen-bond donors (Lipinski definition) is 11. The number of primary amides is 1. The van der Waals surface area contributed by atoms with E-state index in [0.29, 0.717) is 18.4 Å². The Labute approximate surface area is 402 Å². The van der Waals surface area contributed by atoms with Crippen molar-refractivity contribution in [1.29, 1.82) is 0 Å². The number of Topliss-reactive ketones (excluding diaryl/α,β-unsaturated/α-hetero) is 1. The van der Waals surface area contributed by atoms with Crippen molar-refractivity contribution in [2.75, 3.05) is 13.2 Å². The lowest BCUT2D eigenvalue weighted by atomic mass is 9.97. The molecule has 23 heteroatoms. The summed E-state index contributed by atoms with van der Waals surface area (Å²) in [6, 6.07) is -3.20. The van der Waals surface area contributed by atoms with Crippen LogP contribution in [0.1, 0.15) is 99.5 Å². The summed E-state index contributed by atoms with van der Waals surface area (Å²) in [6.07, 6.45) is -0.979. The number of rotatable bonds is 28. The number of carboxylic acids is 1. The van der Waals surface area contributed by atoms with Crippen molar-refractivity contribution in [1.82, 2.24) is 42.1 Å². The fourth-order valence-electron chi connectivity index (χ4n) is 7.49. The molecule has 0 radical (unpaired) electrons. The number of aliphatic hydroxyl groups excluding tert-OH is 1. The first-order valence-corrected chi connectivity index (χ1v) is 23.2. The summed E-state index contributed by atoms with van der Waals surface area (Å²) < 4.78 is 0. The highest BCUT2D eigenvalue weighted by atomic mass is 16.4. The summed E-state index contributed by atoms with van der Waals surface area (Å²) in [5.74, 6) is -10.9. The van der Waals surface area contributed by atoms with Gasteiger partial charge in [0.05, 0.1) is 25.1 Å².